The molecule has 0 saturated carbocycles. The molecule has 0 spiro atoms. The number of imidazole rings is 1. The van der Waals surface area contributed by atoms with E-state index in [4.69, 9.17) is 5.11 Å². The molecule has 0 aromatic carbocycles. The Kier molecular flexibility index (Phi) is 3.18. The van der Waals surface area contributed by atoms with Crippen molar-refractivity contribution in [3.8, 4) is 11.5 Å². The van der Waals surface area contributed by atoms with E-state index in [2.05, 4.69) is 9.97 Å². The van der Waals surface area contributed by atoms with E-state index in [-0.39, 0.29) is 6.42 Å². The minimum Gasteiger partial charge on any atom is -0.481 e. The van der Waals surface area contributed by atoms with E-state index in [1.807, 2.05) is 29.7 Å². The van der Waals surface area contributed by atoms with Gasteiger partial charge in [-0.15, -0.1) is 0 Å². The lowest BCUT2D eigenvalue weighted by Crippen LogP contribution is -2.08. The van der Waals surface area contributed by atoms with Crippen LogP contribution in [0.15, 0.2) is 30.6 Å². The van der Waals surface area contributed by atoms with Gasteiger partial charge in [-0.3, -0.25) is 9.78 Å². The molecule has 0 aliphatic carbocycles. The van der Waals surface area contributed by atoms with E-state index in [1.165, 1.54) is 0 Å². The predicted molar refractivity (Wildman–Crippen MR) is 62.5 cm³/mol. The van der Waals surface area contributed by atoms with Gasteiger partial charge in [-0.05, 0) is 19.1 Å². The number of carboxylic acid groups (broad SMARTS) is 1. The first-order valence-electron chi connectivity index (χ1n) is 5.40. The van der Waals surface area contributed by atoms with Gasteiger partial charge in [-0.1, -0.05) is 6.07 Å². The summed E-state index contributed by atoms with van der Waals surface area (Å²) in [5.41, 5.74) is 1.45. The lowest BCUT2D eigenvalue weighted by molar-refractivity contribution is -0.136. The van der Waals surface area contributed by atoms with Crippen molar-refractivity contribution in [3.05, 3.63) is 36.3 Å². The van der Waals surface area contributed by atoms with Gasteiger partial charge in [-0.25, -0.2) is 4.98 Å². The standard InChI is InChI=1S/C12H13N3O2/c1-2-15-9(7-11(16)17)8-14-12(15)10-5-3-4-6-13-10/h3-6,8H,2,7H2,1H3,(H,16,17). The number of aromatic nitrogens is 3. The summed E-state index contributed by atoms with van der Waals surface area (Å²) in [6, 6.07) is 5.58. The molecule has 0 unspecified atom stereocenters. The van der Waals surface area contributed by atoms with Gasteiger partial charge in [0, 0.05) is 24.6 Å². The second kappa shape index (κ2) is 4.78. The van der Waals surface area contributed by atoms with E-state index in [0.29, 0.717) is 18.1 Å². The van der Waals surface area contributed by atoms with Crippen LogP contribution in [0, 0.1) is 0 Å². The summed E-state index contributed by atoms with van der Waals surface area (Å²) in [7, 11) is 0. The van der Waals surface area contributed by atoms with Gasteiger partial charge in [0.2, 0.25) is 0 Å². The molecule has 5 heteroatoms. The molecular weight excluding hydrogens is 218 g/mol. The Balaban J connectivity index is 2.42. The highest BCUT2D eigenvalue weighted by Crippen LogP contribution is 2.17. The van der Waals surface area contributed by atoms with E-state index in [9.17, 15) is 4.79 Å². The fraction of sp³-hybridized carbons (Fsp3) is 0.250. The smallest absolute Gasteiger partial charge is 0.309 e. The Labute approximate surface area is 98.8 Å². The summed E-state index contributed by atoms with van der Waals surface area (Å²) >= 11 is 0. The van der Waals surface area contributed by atoms with Crippen molar-refractivity contribution in [3.63, 3.8) is 0 Å². The van der Waals surface area contributed by atoms with E-state index >= 15 is 0 Å². The highest BCUT2D eigenvalue weighted by Gasteiger charge is 2.13. The van der Waals surface area contributed by atoms with Crippen LogP contribution in [0.5, 0.6) is 0 Å². The Morgan fingerprint density at radius 1 is 1.41 bits per heavy atom. The molecule has 2 aromatic heterocycles. The molecule has 0 aliphatic heterocycles. The zero-order chi connectivity index (χ0) is 12.3. The van der Waals surface area contributed by atoms with Crippen molar-refractivity contribution in [2.24, 2.45) is 0 Å². The molecule has 17 heavy (non-hydrogen) atoms. The maximum absolute atomic E-state index is 10.7. The zero-order valence-corrected chi connectivity index (χ0v) is 9.50. The van der Waals surface area contributed by atoms with Gasteiger partial charge in [0.05, 0.1) is 6.42 Å². The summed E-state index contributed by atoms with van der Waals surface area (Å²) in [5, 5.41) is 8.81. The molecule has 0 atom stereocenters. The molecule has 1 N–H and O–H groups in total. The fourth-order valence-corrected chi connectivity index (χ4v) is 1.76. The monoisotopic (exact) mass is 231 g/mol. The lowest BCUT2D eigenvalue weighted by Gasteiger charge is -2.07. The quantitative estimate of drug-likeness (QED) is 0.867. The van der Waals surface area contributed by atoms with Crippen LogP contribution in [-0.2, 0) is 17.8 Å². The zero-order valence-electron chi connectivity index (χ0n) is 9.50. The number of nitrogens with zero attached hydrogens (tertiary/aromatic N) is 3. The summed E-state index contributed by atoms with van der Waals surface area (Å²) in [6.07, 6.45) is 3.27. The third-order valence-corrected chi connectivity index (χ3v) is 2.48. The lowest BCUT2D eigenvalue weighted by atomic mass is 10.3. The Morgan fingerprint density at radius 3 is 2.82 bits per heavy atom. The first kappa shape index (κ1) is 11.3. The fourth-order valence-electron chi connectivity index (χ4n) is 1.76. The van der Waals surface area contributed by atoms with Crippen molar-refractivity contribution in [1.29, 1.82) is 0 Å². The largest absolute Gasteiger partial charge is 0.481 e. The molecule has 0 amide bonds. The Morgan fingerprint density at radius 2 is 2.24 bits per heavy atom. The second-order valence-electron chi connectivity index (χ2n) is 3.60. The summed E-state index contributed by atoms with van der Waals surface area (Å²) < 4.78 is 1.87. The minimum atomic E-state index is -0.854. The number of hydrogen-bond donors (Lipinski definition) is 1. The minimum absolute atomic E-state index is 0.0202. The SMILES string of the molecule is CCn1c(CC(=O)O)cnc1-c1ccccn1. The summed E-state index contributed by atoms with van der Waals surface area (Å²) in [5.74, 6) is -0.142. The topological polar surface area (TPSA) is 68.0 Å². The Hall–Kier alpha value is -2.17. The molecular formula is C12H13N3O2. The normalized spacial score (nSPS) is 10.4. The van der Waals surface area contributed by atoms with Crippen LogP contribution in [0.2, 0.25) is 0 Å². The van der Waals surface area contributed by atoms with Crippen LogP contribution in [0.25, 0.3) is 11.5 Å². The number of carboxylic acids is 1. The van der Waals surface area contributed by atoms with E-state index in [1.54, 1.807) is 12.4 Å². The van der Waals surface area contributed by atoms with Gasteiger partial charge < -0.3 is 9.67 Å². The number of rotatable bonds is 4. The molecule has 2 rings (SSSR count). The number of aliphatic carboxylic acids is 1. The Bertz CT molecular complexity index is 520. The van der Waals surface area contributed by atoms with Crippen LogP contribution in [0.4, 0.5) is 0 Å². The third-order valence-electron chi connectivity index (χ3n) is 2.48. The number of hydrogen-bond acceptors (Lipinski definition) is 3. The number of pyridine rings is 1. The molecule has 2 heterocycles. The summed E-state index contributed by atoms with van der Waals surface area (Å²) in [6.45, 7) is 2.63. The van der Waals surface area contributed by atoms with Crippen molar-refractivity contribution in [2.75, 3.05) is 0 Å². The van der Waals surface area contributed by atoms with Gasteiger partial charge >= 0.3 is 5.97 Å². The van der Waals surface area contributed by atoms with Crippen LogP contribution in [0.1, 0.15) is 12.6 Å². The van der Waals surface area contributed by atoms with Crippen LogP contribution in [0.3, 0.4) is 0 Å². The van der Waals surface area contributed by atoms with Crippen molar-refractivity contribution in [1.82, 2.24) is 14.5 Å². The number of carbonyl (C=O) groups is 1. The molecule has 2 aromatic rings. The average Bonchev–Trinajstić information content (AvgIpc) is 2.72. The third kappa shape index (κ3) is 2.33. The second-order valence-corrected chi connectivity index (χ2v) is 3.60. The molecule has 0 fully saturated rings. The van der Waals surface area contributed by atoms with Gasteiger partial charge in [0.25, 0.3) is 0 Å². The molecule has 0 aliphatic rings. The first-order chi connectivity index (χ1) is 8.22. The van der Waals surface area contributed by atoms with Crippen LogP contribution < -0.4 is 0 Å². The van der Waals surface area contributed by atoms with Crippen LogP contribution in [-0.4, -0.2) is 25.6 Å². The highest BCUT2D eigenvalue weighted by atomic mass is 16.4. The van der Waals surface area contributed by atoms with Crippen LogP contribution >= 0.6 is 0 Å². The van der Waals surface area contributed by atoms with Crippen molar-refractivity contribution in [2.45, 2.75) is 19.9 Å². The molecule has 0 saturated heterocycles. The molecule has 88 valence electrons. The van der Waals surface area contributed by atoms with Gasteiger partial charge in [0.1, 0.15) is 5.69 Å². The molecule has 5 nitrogen and oxygen atoms in total. The average molecular weight is 231 g/mol. The first-order valence-corrected chi connectivity index (χ1v) is 5.40. The predicted octanol–water partition coefficient (Wildman–Crippen LogP) is 1.59. The van der Waals surface area contributed by atoms with Crippen molar-refractivity contribution >= 4 is 5.97 Å². The maximum Gasteiger partial charge on any atom is 0.309 e. The van der Waals surface area contributed by atoms with E-state index in [0.717, 1.165) is 5.69 Å². The van der Waals surface area contributed by atoms with Gasteiger partial charge in [0.15, 0.2) is 5.82 Å². The van der Waals surface area contributed by atoms with E-state index < -0.39 is 5.97 Å². The molecule has 0 bridgehead atoms. The maximum atomic E-state index is 10.7. The summed E-state index contributed by atoms with van der Waals surface area (Å²) in [4.78, 5) is 19.2. The highest BCUT2D eigenvalue weighted by molar-refractivity contribution is 5.70. The van der Waals surface area contributed by atoms with Gasteiger partial charge in [-0.2, -0.15) is 0 Å². The molecule has 0 radical (unpaired) electrons. The van der Waals surface area contributed by atoms with Crippen molar-refractivity contribution < 1.29 is 9.90 Å².